The van der Waals surface area contributed by atoms with Crippen LogP contribution >= 0.6 is 0 Å². The van der Waals surface area contributed by atoms with Gasteiger partial charge in [-0.25, -0.2) is 14.8 Å². The molecule has 0 spiro atoms. The monoisotopic (exact) mass is 252 g/mol. The molecule has 2 heterocycles. The summed E-state index contributed by atoms with van der Waals surface area (Å²) < 4.78 is 5.11. The number of piperazine rings is 1. The van der Waals surface area contributed by atoms with Crippen molar-refractivity contribution in [3.63, 3.8) is 0 Å². The number of carbonyl (C=O) groups is 1. The summed E-state index contributed by atoms with van der Waals surface area (Å²) in [5.41, 5.74) is 0.0994. The molecular weight excluding hydrogens is 236 g/mol. The predicted octanol–water partition coefficient (Wildman–Crippen LogP) is -0.401. The van der Waals surface area contributed by atoms with Crippen LogP contribution in [-0.2, 0) is 4.74 Å². The zero-order chi connectivity index (χ0) is 13.0. The zero-order valence-electron chi connectivity index (χ0n) is 10.2. The molecule has 1 aromatic rings. The van der Waals surface area contributed by atoms with E-state index in [9.17, 15) is 4.79 Å². The van der Waals surface area contributed by atoms with Crippen LogP contribution in [0.4, 0.5) is 5.95 Å². The van der Waals surface area contributed by atoms with E-state index in [1.54, 1.807) is 7.11 Å². The van der Waals surface area contributed by atoms with Crippen LogP contribution < -0.4 is 10.2 Å². The Balaban J connectivity index is 2.04. The van der Waals surface area contributed by atoms with Crippen LogP contribution in [0.15, 0.2) is 12.4 Å². The molecule has 98 valence electrons. The summed E-state index contributed by atoms with van der Waals surface area (Å²) in [5.74, 6) is -0.457. The number of carboxylic acids is 1. The fourth-order valence-corrected chi connectivity index (χ4v) is 1.91. The lowest BCUT2D eigenvalue weighted by Gasteiger charge is -2.33. The first-order chi connectivity index (χ1) is 8.70. The lowest BCUT2D eigenvalue weighted by atomic mass is 10.2. The Labute approximate surface area is 105 Å². The number of nitrogens with zero attached hydrogens (tertiary/aromatic N) is 3. The first kappa shape index (κ1) is 12.7. The van der Waals surface area contributed by atoms with Gasteiger partial charge in [-0.15, -0.1) is 0 Å². The van der Waals surface area contributed by atoms with Crippen LogP contribution in [0.1, 0.15) is 10.4 Å². The Morgan fingerprint density at radius 3 is 2.94 bits per heavy atom. The van der Waals surface area contributed by atoms with Crippen molar-refractivity contribution < 1.29 is 14.6 Å². The first-order valence-corrected chi connectivity index (χ1v) is 5.73. The molecule has 1 fully saturated rings. The molecule has 1 aliphatic rings. The lowest BCUT2D eigenvalue weighted by Crippen LogP contribution is -2.53. The smallest absolute Gasteiger partial charge is 0.338 e. The number of hydrogen-bond donors (Lipinski definition) is 2. The Morgan fingerprint density at radius 2 is 2.33 bits per heavy atom. The molecule has 0 aromatic carbocycles. The number of hydrogen-bond acceptors (Lipinski definition) is 6. The van der Waals surface area contributed by atoms with E-state index in [0.717, 1.165) is 19.6 Å². The Bertz CT molecular complexity index is 407. The minimum atomic E-state index is -1.01. The maximum absolute atomic E-state index is 10.7. The summed E-state index contributed by atoms with van der Waals surface area (Å²) in [6.07, 6.45) is 2.66. The quantitative estimate of drug-likeness (QED) is 0.753. The van der Waals surface area contributed by atoms with Gasteiger partial charge < -0.3 is 20.1 Å². The Hall–Kier alpha value is -1.73. The van der Waals surface area contributed by atoms with E-state index < -0.39 is 5.97 Å². The molecular formula is C11H16N4O3. The van der Waals surface area contributed by atoms with Gasteiger partial charge in [0.15, 0.2) is 0 Å². The van der Waals surface area contributed by atoms with Crippen molar-refractivity contribution in [2.45, 2.75) is 6.04 Å². The van der Waals surface area contributed by atoms with Crippen molar-refractivity contribution in [2.75, 3.05) is 38.3 Å². The van der Waals surface area contributed by atoms with Crippen LogP contribution in [0.3, 0.4) is 0 Å². The van der Waals surface area contributed by atoms with E-state index in [4.69, 9.17) is 9.84 Å². The first-order valence-electron chi connectivity index (χ1n) is 5.73. The van der Waals surface area contributed by atoms with Gasteiger partial charge in [-0.1, -0.05) is 0 Å². The fourth-order valence-electron chi connectivity index (χ4n) is 1.91. The second kappa shape index (κ2) is 5.74. The second-order valence-corrected chi connectivity index (χ2v) is 4.13. The van der Waals surface area contributed by atoms with Gasteiger partial charge in [0.1, 0.15) is 0 Å². The normalized spacial score (nSPS) is 19.8. The molecule has 0 aliphatic carbocycles. The topological polar surface area (TPSA) is 87.6 Å². The van der Waals surface area contributed by atoms with Gasteiger partial charge in [0.2, 0.25) is 5.95 Å². The standard InChI is InChI=1S/C11H16N4O3/c1-18-7-9-6-15(3-2-12-9)11-13-4-8(5-14-11)10(16)17/h4-5,9,12H,2-3,6-7H2,1H3,(H,16,17). The Kier molecular flexibility index (Phi) is 4.06. The molecule has 0 saturated carbocycles. The third-order valence-corrected chi connectivity index (χ3v) is 2.79. The molecule has 2 N–H and O–H groups in total. The van der Waals surface area contributed by atoms with Crippen molar-refractivity contribution in [2.24, 2.45) is 0 Å². The lowest BCUT2D eigenvalue weighted by molar-refractivity contribution is 0.0696. The van der Waals surface area contributed by atoms with Gasteiger partial charge in [0, 0.05) is 45.2 Å². The molecule has 1 saturated heterocycles. The summed E-state index contributed by atoms with van der Waals surface area (Å²) in [6, 6.07) is 0.242. The molecule has 1 atom stereocenters. The van der Waals surface area contributed by atoms with E-state index in [1.807, 2.05) is 4.90 Å². The number of rotatable bonds is 4. The van der Waals surface area contributed by atoms with Crippen LogP contribution in [0.25, 0.3) is 0 Å². The van der Waals surface area contributed by atoms with E-state index in [2.05, 4.69) is 15.3 Å². The summed E-state index contributed by atoms with van der Waals surface area (Å²) in [4.78, 5) is 20.9. The number of ether oxygens (including phenoxy) is 1. The third kappa shape index (κ3) is 2.93. The number of anilines is 1. The van der Waals surface area contributed by atoms with Crippen LogP contribution in [0, 0.1) is 0 Å². The molecule has 1 unspecified atom stereocenters. The number of carboxylic acid groups (broad SMARTS) is 1. The predicted molar refractivity (Wildman–Crippen MR) is 64.9 cm³/mol. The van der Waals surface area contributed by atoms with Gasteiger partial charge >= 0.3 is 5.97 Å². The van der Waals surface area contributed by atoms with Crippen molar-refractivity contribution in [3.8, 4) is 0 Å². The van der Waals surface area contributed by atoms with Gasteiger partial charge in [-0.2, -0.15) is 0 Å². The second-order valence-electron chi connectivity index (χ2n) is 4.13. The van der Waals surface area contributed by atoms with Gasteiger partial charge in [-0.3, -0.25) is 0 Å². The molecule has 0 amide bonds. The molecule has 1 aliphatic heterocycles. The highest BCUT2D eigenvalue weighted by Crippen LogP contribution is 2.10. The largest absolute Gasteiger partial charge is 0.478 e. The maximum Gasteiger partial charge on any atom is 0.338 e. The maximum atomic E-state index is 10.7. The van der Waals surface area contributed by atoms with Gasteiger partial charge in [0.05, 0.1) is 12.2 Å². The molecule has 7 heteroatoms. The average Bonchev–Trinajstić information content (AvgIpc) is 2.39. The van der Waals surface area contributed by atoms with E-state index in [-0.39, 0.29) is 11.6 Å². The van der Waals surface area contributed by atoms with E-state index >= 15 is 0 Å². The summed E-state index contributed by atoms with van der Waals surface area (Å²) in [5, 5.41) is 12.1. The average molecular weight is 252 g/mol. The molecule has 2 rings (SSSR count). The van der Waals surface area contributed by atoms with E-state index in [1.165, 1.54) is 12.4 Å². The fraction of sp³-hybridized carbons (Fsp3) is 0.545. The highest BCUT2D eigenvalue weighted by Gasteiger charge is 2.21. The molecule has 0 bridgehead atoms. The van der Waals surface area contributed by atoms with Crippen molar-refractivity contribution >= 4 is 11.9 Å². The number of aromatic nitrogens is 2. The summed E-state index contributed by atoms with van der Waals surface area (Å²) in [7, 11) is 1.67. The third-order valence-electron chi connectivity index (χ3n) is 2.79. The number of methoxy groups -OCH3 is 1. The molecule has 7 nitrogen and oxygen atoms in total. The summed E-state index contributed by atoms with van der Waals surface area (Å²) >= 11 is 0. The van der Waals surface area contributed by atoms with E-state index in [0.29, 0.717) is 12.6 Å². The SMILES string of the molecule is COCC1CN(c2ncc(C(=O)O)cn2)CCN1. The molecule has 18 heavy (non-hydrogen) atoms. The van der Waals surface area contributed by atoms with Crippen LogP contribution in [0.5, 0.6) is 0 Å². The molecule has 0 radical (unpaired) electrons. The summed E-state index contributed by atoms with van der Waals surface area (Å²) in [6.45, 7) is 3.01. The van der Waals surface area contributed by atoms with Gasteiger partial charge in [0.25, 0.3) is 0 Å². The van der Waals surface area contributed by atoms with Crippen molar-refractivity contribution in [3.05, 3.63) is 18.0 Å². The minimum absolute atomic E-state index is 0.0994. The highest BCUT2D eigenvalue weighted by atomic mass is 16.5. The minimum Gasteiger partial charge on any atom is -0.478 e. The highest BCUT2D eigenvalue weighted by molar-refractivity contribution is 5.86. The van der Waals surface area contributed by atoms with Crippen LogP contribution in [0.2, 0.25) is 0 Å². The zero-order valence-corrected chi connectivity index (χ0v) is 10.2. The van der Waals surface area contributed by atoms with Crippen molar-refractivity contribution in [1.29, 1.82) is 0 Å². The number of aromatic carboxylic acids is 1. The Morgan fingerprint density at radius 1 is 1.61 bits per heavy atom. The van der Waals surface area contributed by atoms with Crippen LogP contribution in [-0.4, -0.2) is 60.4 Å². The molecule has 1 aromatic heterocycles. The van der Waals surface area contributed by atoms with Gasteiger partial charge in [-0.05, 0) is 0 Å². The van der Waals surface area contributed by atoms with Crippen molar-refractivity contribution in [1.82, 2.24) is 15.3 Å². The number of nitrogens with one attached hydrogen (secondary N) is 1.